The molecule has 20 heavy (non-hydrogen) atoms. The average Bonchev–Trinajstić information content (AvgIpc) is 2.37. The molecule has 0 radical (unpaired) electrons. The van der Waals surface area contributed by atoms with Crippen LogP contribution in [0.2, 0.25) is 0 Å². The Hall–Kier alpha value is -1.02. The number of nitrogens with one attached hydrogen (secondary N) is 2. The van der Waals surface area contributed by atoms with Gasteiger partial charge in [-0.15, -0.1) is 0 Å². The van der Waals surface area contributed by atoms with Crippen molar-refractivity contribution >= 4 is 11.8 Å². The maximum atomic E-state index is 11.8. The maximum Gasteiger partial charge on any atom is 0.246 e. The van der Waals surface area contributed by atoms with Crippen molar-refractivity contribution < 1.29 is 14.7 Å². The van der Waals surface area contributed by atoms with Gasteiger partial charge in [0.2, 0.25) is 11.8 Å². The number of carbonyl (C=O) groups excluding carboxylic acids is 2. The highest BCUT2D eigenvalue weighted by Gasteiger charge is 2.41. The van der Waals surface area contributed by atoms with E-state index in [0.29, 0.717) is 13.1 Å². The molecule has 1 atom stereocenters. The van der Waals surface area contributed by atoms with Gasteiger partial charge in [0.05, 0.1) is 18.2 Å². The highest BCUT2D eigenvalue weighted by Crippen LogP contribution is 2.18. The topological polar surface area (TPSA) is 84.9 Å². The van der Waals surface area contributed by atoms with Crippen LogP contribution in [0.25, 0.3) is 0 Å². The van der Waals surface area contributed by atoms with Crippen LogP contribution in [-0.2, 0) is 9.59 Å². The monoisotopic (exact) mass is 284 g/mol. The fourth-order valence-corrected chi connectivity index (χ4v) is 2.63. The molecule has 2 saturated heterocycles. The zero-order valence-corrected chi connectivity index (χ0v) is 12.2. The van der Waals surface area contributed by atoms with Crippen LogP contribution in [0.4, 0.5) is 0 Å². The van der Waals surface area contributed by atoms with Crippen LogP contribution >= 0.6 is 0 Å². The Labute approximate surface area is 119 Å². The molecule has 0 spiro atoms. The Morgan fingerprint density at radius 3 is 2.55 bits per heavy atom. The fraction of sp³-hybridized carbons (Fsp3) is 0.846. The number of nitrogens with zero attached hydrogens (tertiary/aromatic N) is 2. The lowest BCUT2D eigenvalue weighted by atomic mass is 9.98. The lowest BCUT2D eigenvalue weighted by molar-refractivity contribution is -0.146. The van der Waals surface area contributed by atoms with E-state index in [0.717, 1.165) is 26.2 Å². The second-order valence-corrected chi connectivity index (χ2v) is 6.02. The molecule has 0 aromatic heterocycles. The van der Waals surface area contributed by atoms with Crippen LogP contribution in [0.15, 0.2) is 0 Å². The van der Waals surface area contributed by atoms with Crippen molar-refractivity contribution in [2.45, 2.75) is 25.5 Å². The summed E-state index contributed by atoms with van der Waals surface area (Å²) in [4.78, 5) is 27.2. The molecular formula is C13H24N4O3. The number of hydrogen-bond acceptors (Lipinski definition) is 6. The van der Waals surface area contributed by atoms with Gasteiger partial charge in [0.15, 0.2) is 0 Å². The lowest BCUT2D eigenvalue weighted by Gasteiger charge is -2.41. The number of aliphatic hydroxyl groups excluding tert-OH is 1. The highest BCUT2D eigenvalue weighted by molar-refractivity contribution is 6.02. The molecule has 0 aliphatic carbocycles. The molecule has 114 valence electrons. The van der Waals surface area contributed by atoms with E-state index in [-0.39, 0.29) is 18.4 Å². The van der Waals surface area contributed by atoms with Gasteiger partial charge < -0.3 is 10.4 Å². The molecule has 2 amide bonds. The highest BCUT2D eigenvalue weighted by atomic mass is 16.3. The van der Waals surface area contributed by atoms with Gasteiger partial charge in [-0.05, 0) is 13.8 Å². The number of carbonyl (C=O) groups is 2. The molecule has 0 bridgehead atoms. The fourth-order valence-electron chi connectivity index (χ4n) is 2.63. The van der Waals surface area contributed by atoms with Crippen molar-refractivity contribution in [3.05, 3.63) is 0 Å². The van der Waals surface area contributed by atoms with E-state index in [1.54, 1.807) is 18.7 Å². The second-order valence-electron chi connectivity index (χ2n) is 6.02. The first-order valence-electron chi connectivity index (χ1n) is 7.10. The molecule has 3 N–H and O–H groups in total. The van der Waals surface area contributed by atoms with E-state index >= 15 is 0 Å². The van der Waals surface area contributed by atoms with Gasteiger partial charge in [-0.2, -0.15) is 0 Å². The van der Waals surface area contributed by atoms with E-state index in [1.165, 1.54) is 0 Å². The van der Waals surface area contributed by atoms with Crippen molar-refractivity contribution in [3.8, 4) is 0 Å². The SMILES string of the molecule is CC1(C)C(=O)NC(=O)CN1CC(O)CN1CCNCC1. The normalized spacial score (nSPS) is 26.4. The van der Waals surface area contributed by atoms with E-state index in [2.05, 4.69) is 15.5 Å². The number of piperazine rings is 2. The van der Waals surface area contributed by atoms with Crippen LogP contribution in [0, 0.1) is 0 Å². The first kappa shape index (κ1) is 15.4. The Morgan fingerprint density at radius 2 is 1.90 bits per heavy atom. The van der Waals surface area contributed by atoms with Crippen LogP contribution in [0.1, 0.15) is 13.8 Å². The third-order valence-electron chi connectivity index (χ3n) is 4.04. The van der Waals surface area contributed by atoms with Crippen molar-refractivity contribution in [1.82, 2.24) is 20.4 Å². The quantitative estimate of drug-likeness (QED) is 0.517. The summed E-state index contributed by atoms with van der Waals surface area (Å²) in [6, 6.07) is 0. The summed E-state index contributed by atoms with van der Waals surface area (Å²) >= 11 is 0. The predicted molar refractivity (Wildman–Crippen MR) is 74.1 cm³/mol. The van der Waals surface area contributed by atoms with Gasteiger partial charge in [-0.3, -0.25) is 24.7 Å². The Kier molecular flexibility index (Phi) is 4.74. The lowest BCUT2D eigenvalue weighted by Crippen LogP contribution is -2.65. The third kappa shape index (κ3) is 3.54. The van der Waals surface area contributed by atoms with Crippen molar-refractivity contribution in [1.29, 1.82) is 0 Å². The summed E-state index contributed by atoms with van der Waals surface area (Å²) in [6.45, 7) is 8.29. The minimum absolute atomic E-state index is 0.150. The average molecular weight is 284 g/mol. The zero-order chi connectivity index (χ0) is 14.8. The van der Waals surface area contributed by atoms with Crippen LogP contribution in [-0.4, -0.2) is 84.2 Å². The molecule has 0 aromatic rings. The molecule has 0 saturated carbocycles. The van der Waals surface area contributed by atoms with E-state index in [4.69, 9.17) is 0 Å². The van der Waals surface area contributed by atoms with Gasteiger partial charge >= 0.3 is 0 Å². The Morgan fingerprint density at radius 1 is 1.25 bits per heavy atom. The van der Waals surface area contributed by atoms with Crippen LogP contribution in [0.5, 0.6) is 0 Å². The number of aliphatic hydroxyl groups is 1. The number of imide groups is 1. The summed E-state index contributed by atoms with van der Waals surface area (Å²) in [5.74, 6) is -0.605. The van der Waals surface area contributed by atoms with Gasteiger partial charge in [0, 0.05) is 39.3 Å². The maximum absolute atomic E-state index is 11.8. The van der Waals surface area contributed by atoms with Gasteiger partial charge in [0.25, 0.3) is 0 Å². The summed E-state index contributed by atoms with van der Waals surface area (Å²) < 4.78 is 0. The molecule has 7 nitrogen and oxygen atoms in total. The molecule has 1 unspecified atom stereocenters. The van der Waals surface area contributed by atoms with Crippen molar-refractivity contribution in [3.63, 3.8) is 0 Å². The summed E-state index contributed by atoms with van der Waals surface area (Å²) in [5, 5.41) is 15.8. The number of β-amino-alcohol motifs (C(OH)–C–C–N with tert-alkyl or cyclic N) is 1. The van der Waals surface area contributed by atoms with Crippen LogP contribution in [0.3, 0.4) is 0 Å². The number of hydrogen-bond donors (Lipinski definition) is 3. The molecular weight excluding hydrogens is 260 g/mol. The molecule has 2 heterocycles. The second kappa shape index (κ2) is 6.17. The molecule has 2 fully saturated rings. The minimum atomic E-state index is -0.766. The zero-order valence-electron chi connectivity index (χ0n) is 12.2. The Bertz CT molecular complexity index is 380. The third-order valence-corrected chi connectivity index (χ3v) is 4.04. The van der Waals surface area contributed by atoms with Crippen molar-refractivity contribution in [2.75, 3.05) is 45.8 Å². The smallest absolute Gasteiger partial charge is 0.246 e. The van der Waals surface area contributed by atoms with Gasteiger partial charge in [-0.25, -0.2) is 0 Å². The van der Waals surface area contributed by atoms with E-state index in [9.17, 15) is 14.7 Å². The molecule has 2 aliphatic heterocycles. The minimum Gasteiger partial charge on any atom is -0.390 e. The number of rotatable bonds is 4. The largest absolute Gasteiger partial charge is 0.390 e. The van der Waals surface area contributed by atoms with E-state index < -0.39 is 11.6 Å². The summed E-state index contributed by atoms with van der Waals surface area (Å²) in [5.41, 5.74) is -0.766. The van der Waals surface area contributed by atoms with Crippen LogP contribution < -0.4 is 10.6 Å². The standard InChI is InChI=1S/C13H24N4O3/c1-13(2)12(20)15-11(19)9-17(13)8-10(18)7-16-5-3-14-4-6-16/h10,14,18H,3-9H2,1-2H3,(H,15,19,20). The molecule has 0 aromatic carbocycles. The first-order valence-corrected chi connectivity index (χ1v) is 7.10. The predicted octanol–water partition coefficient (Wildman–Crippen LogP) is -2.01. The Balaban J connectivity index is 1.89. The molecule has 2 aliphatic rings. The summed E-state index contributed by atoms with van der Waals surface area (Å²) in [7, 11) is 0. The van der Waals surface area contributed by atoms with Gasteiger partial charge in [0.1, 0.15) is 0 Å². The molecule has 2 rings (SSSR count). The summed E-state index contributed by atoms with van der Waals surface area (Å²) in [6.07, 6.45) is -0.564. The van der Waals surface area contributed by atoms with Crippen molar-refractivity contribution in [2.24, 2.45) is 0 Å². The van der Waals surface area contributed by atoms with Gasteiger partial charge in [-0.1, -0.05) is 0 Å². The first-order chi connectivity index (χ1) is 9.39. The molecule has 7 heteroatoms. The van der Waals surface area contributed by atoms with E-state index in [1.807, 2.05) is 0 Å². The number of amides is 2.